The molecule has 0 heterocycles. The fourth-order valence-corrected chi connectivity index (χ4v) is 2.10. The fraction of sp³-hybridized carbons (Fsp3) is 0.500. The van der Waals surface area contributed by atoms with Crippen molar-refractivity contribution in [3.8, 4) is 11.5 Å². The summed E-state index contributed by atoms with van der Waals surface area (Å²) in [6, 6.07) is 3.63. The first-order chi connectivity index (χ1) is 8.54. The van der Waals surface area contributed by atoms with Crippen molar-refractivity contribution in [2.75, 3.05) is 34.9 Å². The summed E-state index contributed by atoms with van der Waals surface area (Å²) in [5.74, 6) is 1.13. The van der Waals surface area contributed by atoms with Gasteiger partial charge >= 0.3 is 0 Å². The minimum absolute atomic E-state index is 0.0766. The van der Waals surface area contributed by atoms with Crippen molar-refractivity contribution in [2.45, 2.75) is 6.04 Å². The molecule has 0 radical (unpaired) electrons. The average molecular weight is 274 g/mol. The lowest BCUT2D eigenvalue weighted by atomic mass is 10.1. The molecule has 6 heteroatoms. The van der Waals surface area contributed by atoms with Gasteiger partial charge in [-0.25, -0.2) is 10.4 Å². The molecule has 102 valence electrons. The molecular weight excluding hydrogens is 254 g/mol. The smallest absolute Gasteiger partial charge is 0.179 e. The van der Waals surface area contributed by atoms with E-state index < -0.39 is 0 Å². The predicted molar refractivity (Wildman–Crippen MR) is 73.2 cm³/mol. The monoisotopic (exact) mass is 273 g/mol. The standard InChI is InChI=1S/C12H20ClN3O2/c1-16(2)15-9(7-14)8-5-6-10(17-3)12(18-4)11(8)13/h5-6,9,15H,7,14H2,1-4H3. The second-order valence-corrected chi connectivity index (χ2v) is 4.39. The molecule has 0 saturated heterocycles. The number of nitrogens with two attached hydrogens (primary N) is 1. The highest BCUT2D eigenvalue weighted by atomic mass is 35.5. The molecule has 1 atom stereocenters. The Hall–Kier alpha value is -1.01. The molecule has 0 aliphatic rings. The van der Waals surface area contributed by atoms with Gasteiger partial charge < -0.3 is 15.2 Å². The Labute approximate surface area is 113 Å². The number of halogens is 1. The third kappa shape index (κ3) is 3.26. The van der Waals surface area contributed by atoms with Gasteiger partial charge in [-0.05, 0) is 11.6 Å². The molecule has 0 aliphatic heterocycles. The molecule has 3 N–H and O–H groups in total. The predicted octanol–water partition coefficient (Wildman–Crippen LogP) is 1.42. The molecule has 18 heavy (non-hydrogen) atoms. The first kappa shape index (κ1) is 15.0. The van der Waals surface area contributed by atoms with Crippen LogP contribution >= 0.6 is 11.6 Å². The van der Waals surface area contributed by atoms with Crippen molar-refractivity contribution in [2.24, 2.45) is 5.73 Å². The second-order valence-electron chi connectivity index (χ2n) is 4.02. The highest BCUT2D eigenvalue weighted by molar-refractivity contribution is 6.33. The molecule has 5 nitrogen and oxygen atoms in total. The van der Waals surface area contributed by atoms with E-state index in [0.717, 1.165) is 5.56 Å². The molecule has 0 aromatic heterocycles. The summed E-state index contributed by atoms with van der Waals surface area (Å²) >= 11 is 6.33. The molecule has 0 aliphatic carbocycles. The summed E-state index contributed by atoms with van der Waals surface area (Å²) in [7, 11) is 6.94. The number of ether oxygens (including phenoxy) is 2. The van der Waals surface area contributed by atoms with E-state index in [1.54, 1.807) is 14.2 Å². The van der Waals surface area contributed by atoms with Gasteiger partial charge in [0.2, 0.25) is 0 Å². The van der Waals surface area contributed by atoms with E-state index in [2.05, 4.69) is 5.43 Å². The van der Waals surface area contributed by atoms with Crippen LogP contribution in [0.15, 0.2) is 12.1 Å². The average Bonchev–Trinajstić information content (AvgIpc) is 2.35. The molecule has 1 aromatic carbocycles. The van der Waals surface area contributed by atoms with E-state index in [4.69, 9.17) is 26.8 Å². The lowest BCUT2D eigenvalue weighted by molar-refractivity contribution is 0.245. The molecule has 1 unspecified atom stereocenters. The Balaban J connectivity index is 3.16. The largest absolute Gasteiger partial charge is 0.493 e. The van der Waals surface area contributed by atoms with Crippen LogP contribution in [0.5, 0.6) is 11.5 Å². The maximum absolute atomic E-state index is 6.33. The lowest BCUT2D eigenvalue weighted by Gasteiger charge is -2.24. The van der Waals surface area contributed by atoms with Gasteiger partial charge in [0, 0.05) is 20.6 Å². The van der Waals surface area contributed by atoms with Crippen LogP contribution in [0.2, 0.25) is 5.02 Å². The Morgan fingerprint density at radius 3 is 2.44 bits per heavy atom. The van der Waals surface area contributed by atoms with Crippen LogP contribution in [0, 0.1) is 0 Å². The summed E-state index contributed by atoms with van der Waals surface area (Å²) < 4.78 is 10.5. The number of benzene rings is 1. The number of methoxy groups -OCH3 is 2. The highest BCUT2D eigenvalue weighted by Crippen LogP contribution is 2.39. The van der Waals surface area contributed by atoms with E-state index in [9.17, 15) is 0 Å². The highest BCUT2D eigenvalue weighted by Gasteiger charge is 2.19. The molecule has 0 saturated carbocycles. The number of hydrogen-bond acceptors (Lipinski definition) is 5. The van der Waals surface area contributed by atoms with Gasteiger partial charge in [-0.15, -0.1) is 0 Å². The molecule has 0 bridgehead atoms. The van der Waals surface area contributed by atoms with Crippen molar-refractivity contribution in [3.63, 3.8) is 0 Å². The maximum atomic E-state index is 6.33. The van der Waals surface area contributed by atoms with Crippen LogP contribution in [-0.4, -0.2) is 39.9 Å². The number of hydrazine groups is 1. The van der Waals surface area contributed by atoms with Gasteiger partial charge in [-0.1, -0.05) is 17.7 Å². The summed E-state index contributed by atoms with van der Waals surface area (Å²) in [6.45, 7) is 0.424. The topological polar surface area (TPSA) is 59.8 Å². The van der Waals surface area contributed by atoms with E-state index >= 15 is 0 Å². The SMILES string of the molecule is COc1ccc(C(CN)NN(C)C)c(Cl)c1OC. The Morgan fingerprint density at radius 1 is 1.33 bits per heavy atom. The summed E-state index contributed by atoms with van der Waals surface area (Å²) in [6.07, 6.45) is 0. The minimum atomic E-state index is -0.0766. The number of rotatable bonds is 6. The molecule has 0 fully saturated rings. The molecule has 0 amide bonds. The molecule has 0 spiro atoms. The van der Waals surface area contributed by atoms with E-state index in [1.807, 2.05) is 31.2 Å². The maximum Gasteiger partial charge on any atom is 0.179 e. The normalized spacial score (nSPS) is 12.6. The van der Waals surface area contributed by atoms with Crippen molar-refractivity contribution >= 4 is 11.6 Å². The summed E-state index contributed by atoms with van der Waals surface area (Å²) in [5, 5.41) is 2.35. The van der Waals surface area contributed by atoms with Crippen LogP contribution in [0.4, 0.5) is 0 Å². The molecule has 1 rings (SSSR count). The zero-order chi connectivity index (χ0) is 13.7. The first-order valence-electron chi connectivity index (χ1n) is 5.59. The van der Waals surface area contributed by atoms with E-state index in [1.165, 1.54) is 0 Å². The van der Waals surface area contributed by atoms with Crippen LogP contribution in [0.3, 0.4) is 0 Å². The number of hydrogen-bond donors (Lipinski definition) is 2. The van der Waals surface area contributed by atoms with Crippen molar-refractivity contribution in [1.29, 1.82) is 0 Å². The van der Waals surface area contributed by atoms with Gasteiger partial charge in [0.15, 0.2) is 11.5 Å². The minimum Gasteiger partial charge on any atom is -0.493 e. The summed E-state index contributed by atoms with van der Waals surface area (Å²) in [4.78, 5) is 0. The van der Waals surface area contributed by atoms with Gasteiger partial charge in [0.1, 0.15) is 0 Å². The van der Waals surface area contributed by atoms with Crippen molar-refractivity contribution < 1.29 is 9.47 Å². The van der Waals surface area contributed by atoms with E-state index in [0.29, 0.717) is 23.1 Å². The van der Waals surface area contributed by atoms with E-state index in [-0.39, 0.29) is 6.04 Å². The third-order valence-electron chi connectivity index (χ3n) is 2.54. The second kappa shape index (κ2) is 6.80. The van der Waals surface area contributed by atoms with Crippen LogP contribution in [-0.2, 0) is 0 Å². The fourth-order valence-electron chi connectivity index (χ4n) is 1.73. The van der Waals surface area contributed by atoms with Gasteiger partial charge in [0.25, 0.3) is 0 Å². The van der Waals surface area contributed by atoms with Crippen LogP contribution in [0.25, 0.3) is 0 Å². The number of nitrogens with zero attached hydrogens (tertiary/aromatic N) is 1. The zero-order valence-corrected chi connectivity index (χ0v) is 11.9. The van der Waals surface area contributed by atoms with Gasteiger partial charge in [-0.2, -0.15) is 0 Å². The van der Waals surface area contributed by atoms with Crippen LogP contribution < -0.4 is 20.6 Å². The Bertz CT molecular complexity index is 399. The first-order valence-corrected chi connectivity index (χ1v) is 5.96. The summed E-state index contributed by atoms with van der Waals surface area (Å²) in [5.41, 5.74) is 9.85. The Morgan fingerprint density at radius 2 is 2.00 bits per heavy atom. The lowest BCUT2D eigenvalue weighted by Crippen LogP contribution is -2.38. The Kier molecular flexibility index (Phi) is 5.68. The molecular formula is C12H20ClN3O2. The van der Waals surface area contributed by atoms with Crippen molar-refractivity contribution in [3.05, 3.63) is 22.7 Å². The molecule has 1 aromatic rings. The quantitative estimate of drug-likeness (QED) is 0.768. The van der Waals surface area contributed by atoms with Gasteiger partial charge in [0.05, 0.1) is 25.3 Å². The third-order valence-corrected chi connectivity index (χ3v) is 2.93. The number of nitrogens with one attached hydrogen (secondary N) is 1. The van der Waals surface area contributed by atoms with Gasteiger partial charge in [-0.3, -0.25) is 0 Å². The van der Waals surface area contributed by atoms with Crippen LogP contribution in [0.1, 0.15) is 11.6 Å². The van der Waals surface area contributed by atoms with Crippen molar-refractivity contribution in [1.82, 2.24) is 10.4 Å². The zero-order valence-electron chi connectivity index (χ0n) is 11.2.